The number of aromatic nitrogens is 2. The highest BCUT2D eigenvalue weighted by Gasteiger charge is 2.06. The van der Waals surface area contributed by atoms with Gasteiger partial charge in [0.1, 0.15) is 17.5 Å². The summed E-state index contributed by atoms with van der Waals surface area (Å²) in [7, 11) is 0. The smallest absolute Gasteiger partial charge is 0.134 e. The Morgan fingerprint density at radius 1 is 1.20 bits per heavy atom. The molecule has 1 N–H and O–H groups in total. The molecule has 0 bridgehead atoms. The highest BCUT2D eigenvalue weighted by molar-refractivity contribution is 5.49. The summed E-state index contributed by atoms with van der Waals surface area (Å²) in [5.74, 6) is 2.73. The van der Waals surface area contributed by atoms with E-state index in [-0.39, 0.29) is 0 Å². The number of hydrogen-bond acceptors (Lipinski definition) is 4. The first-order chi connectivity index (χ1) is 7.21. The molecule has 1 heterocycles. The lowest BCUT2D eigenvalue weighted by Gasteiger charge is -2.20. The molecule has 15 heavy (non-hydrogen) atoms. The van der Waals surface area contributed by atoms with E-state index >= 15 is 0 Å². The molecule has 0 unspecified atom stereocenters. The van der Waals surface area contributed by atoms with Crippen LogP contribution in [0.1, 0.15) is 26.6 Å². The van der Waals surface area contributed by atoms with Gasteiger partial charge >= 0.3 is 0 Å². The standard InChI is InChI=1S/C11H20N4/c1-5-12-10-8-11(14-9(4)13-10)15(6-2)7-3/h8H,5-7H2,1-4H3,(H,12,13,14). The third-order valence-electron chi connectivity index (χ3n) is 2.27. The molecule has 4 nitrogen and oxygen atoms in total. The topological polar surface area (TPSA) is 41.0 Å². The van der Waals surface area contributed by atoms with E-state index in [2.05, 4.69) is 41.0 Å². The predicted molar refractivity (Wildman–Crippen MR) is 64.5 cm³/mol. The molecular weight excluding hydrogens is 188 g/mol. The first-order valence-corrected chi connectivity index (χ1v) is 5.55. The average Bonchev–Trinajstić information content (AvgIpc) is 2.19. The molecule has 84 valence electrons. The monoisotopic (exact) mass is 208 g/mol. The number of nitrogens with one attached hydrogen (secondary N) is 1. The zero-order valence-corrected chi connectivity index (χ0v) is 10.0. The van der Waals surface area contributed by atoms with Gasteiger partial charge in [-0.2, -0.15) is 0 Å². The minimum Gasteiger partial charge on any atom is -0.370 e. The summed E-state index contributed by atoms with van der Waals surface area (Å²) in [5, 5.41) is 3.21. The molecule has 0 amide bonds. The van der Waals surface area contributed by atoms with Gasteiger partial charge in [-0.1, -0.05) is 0 Å². The van der Waals surface area contributed by atoms with Gasteiger partial charge in [0.05, 0.1) is 0 Å². The Hall–Kier alpha value is -1.32. The molecule has 0 aliphatic carbocycles. The quantitative estimate of drug-likeness (QED) is 0.804. The van der Waals surface area contributed by atoms with Crippen LogP contribution in [0.15, 0.2) is 6.07 Å². The van der Waals surface area contributed by atoms with Crippen LogP contribution < -0.4 is 10.2 Å². The summed E-state index contributed by atoms with van der Waals surface area (Å²) < 4.78 is 0. The number of aryl methyl sites for hydroxylation is 1. The van der Waals surface area contributed by atoms with E-state index in [0.29, 0.717) is 0 Å². The second kappa shape index (κ2) is 5.53. The third kappa shape index (κ3) is 3.08. The fraction of sp³-hybridized carbons (Fsp3) is 0.636. The summed E-state index contributed by atoms with van der Waals surface area (Å²) in [6, 6.07) is 2.00. The summed E-state index contributed by atoms with van der Waals surface area (Å²) in [5.41, 5.74) is 0. The first-order valence-electron chi connectivity index (χ1n) is 5.55. The summed E-state index contributed by atoms with van der Waals surface area (Å²) in [4.78, 5) is 11.0. The Kier molecular flexibility index (Phi) is 4.34. The van der Waals surface area contributed by atoms with E-state index in [1.807, 2.05) is 13.0 Å². The summed E-state index contributed by atoms with van der Waals surface area (Å²) >= 11 is 0. The van der Waals surface area contributed by atoms with Crippen molar-refractivity contribution in [3.05, 3.63) is 11.9 Å². The molecule has 0 aliphatic rings. The maximum atomic E-state index is 4.43. The average molecular weight is 208 g/mol. The van der Waals surface area contributed by atoms with Crippen molar-refractivity contribution >= 4 is 11.6 Å². The molecule has 0 saturated carbocycles. The first kappa shape index (κ1) is 11.8. The molecule has 0 atom stereocenters. The summed E-state index contributed by atoms with van der Waals surface area (Å²) in [6.07, 6.45) is 0. The van der Waals surface area contributed by atoms with Gasteiger partial charge in [-0.3, -0.25) is 0 Å². The fourth-order valence-electron chi connectivity index (χ4n) is 1.53. The predicted octanol–water partition coefficient (Wildman–Crippen LogP) is 2.06. The Balaban J connectivity index is 2.96. The van der Waals surface area contributed by atoms with E-state index in [0.717, 1.165) is 37.1 Å². The molecule has 4 heteroatoms. The zero-order chi connectivity index (χ0) is 11.3. The van der Waals surface area contributed by atoms with Gasteiger partial charge < -0.3 is 10.2 Å². The molecular formula is C11H20N4. The van der Waals surface area contributed by atoms with Crippen molar-refractivity contribution in [2.45, 2.75) is 27.7 Å². The number of hydrogen-bond donors (Lipinski definition) is 1. The van der Waals surface area contributed by atoms with Gasteiger partial charge in [-0.05, 0) is 27.7 Å². The maximum absolute atomic E-state index is 4.43. The lowest BCUT2D eigenvalue weighted by Crippen LogP contribution is -2.23. The van der Waals surface area contributed by atoms with Crippen LogP contribution in [-0.4, -0.2) is 29.6 Å². The lowest BCUT2D eigenvalue weighted by molar-refractivity contribution is 0.834. The third-order valence-corrected chi connectivity index (χ3v) is 2.27. The van der Waals surface area contributed by atoms with Crippen molar-refractivity contribution in [3.8, 4) is 0 Å². The van der Waals surface area contributed by atoms with E-state index < -0.39 is 0 Å². The Morgan fingerprint density at radius 2 is 1.87 bits per heavy atom. The Morgan fingerprint density at radius 3 is 2.40 bits per heavy atom. The van der Waals surface area contributed by atoms with Crippen LogP contribution in [0.5, 0.6) is 0 Å². The van der Waals surface area contributed by atoms with Crippen LogP contribution in [0, 0.1) is 6.92 Å². The van der Waals surface area contributed by atoms with Gasteiger partial charge in [-0.25, -0.2) is 9.97 Å². The second-order valence-electron chi connectivity index (χ2n) is 3.36. The highest BCUT2D eigenvalue weighted by atomic mass is 15.2. The number of anilines is 2. The van der Waals surface area contributed by atoms with E-state index in [4.69, 9.17) is 0 Å². The van der Waals surface area contributed by atoms with E-state index in [1.165, 1.54) is 0 Å². The van der Waals surface area contributed by atoms with E-state index in [9.17, 15) is 0 Å². The normalized spacial score (nSPS) is 10.1. The molecule has 0 aliphatic heterocycles. The van der Waals surface area contributed by atoms with Gasteiger partial charge in [0.25, 0.3) is 0 Å². The maximum Gasteiger partial charge on any atom is 0.134 e. The molecule has 0 saturated heterocycles. The molecule has 1 aromatic rings. The van der Waals surface area contributed by atoms with Gasteiger partial charge in [-0.15, -0.1) is 0 Å². The molecule has 0 aromatic carbocycles. The van der Waals surface area contributed by atoms with Crippen molar-refractivity contribution in [2.75, 3.05) is 29.9 Å². The van der Waals surface area contributed by atoms with Gasteiger partial charge in [0.15, 0.2) is 0 Å². The van der Waals surface area contributed by atoms with Crippen LogP contribution in [0.3, 0.4) is 0 Å². The van der Waals surface area contributed by atoms with Crippen molar-refractivity contribution in [3.63, 3.8) is 0 Å². The Labute approximate surface area is 91.7 Å². The van der Waals surface area contributed by atoms with Crippen molar-refractivity contribution in [1.29, 1.82) is 0 Å². The SMILES string of the molecule is CCNc1cc(N(CC)CC)nc(C)n1. The van der Waals surface area contributed by atoms with Gasteiger partial charge in [0.2, 0.25) is 0 Å². The minimum atomic E-state index is 0.815. The van der Waals surface area contributed by atoms with E-state index in [1.54, 1.807) is 0 Å². The van der Waals surface area contributed by atoms with Gasteiger partial charge in [0, 0.05) is 25.7 Å². The van der Waals surface area contributed by atoms with Crippen LogP contribution in [0.25, 0.3) is 0 Å². The number of nitrogens with zero attached hydrogens (tertiary/aromatic N) is 3. The summed E-state index contributed by atoms with van der Waals surface area (Å²) in [6.45, 7) is 11.1. The van der Waals surface area contributed by atoms with Crippen molar-refractivity contribution < 1.29 is 0 Å². The zero-order valence-electron chi connectivity index (χ0n) is 10.0. The molecule has 1 rings (SSSR count). The van der Waals surface area contributed by atoms with Crippen LogP contribution in [-0.2, 0) is 0 Å². The minimum absolute atomic E-state index is 0.815. The largest absolute Gasteiger partial charge is 0.370 e. The van der Waals surface area contributed by atoms with Crippen molar-refractivity contribution in [1.82, 2.24) is 9.97 Å². The number of rotatable bonds is 5. The lowest BCUT2D eigenvalue weighted by atomic mass is 10.4. The van der Waals surface area contributed by atoms with Crippen LogP contribution in [0.4, 0.5) is 11.6 Å². The van der Waals surface area contributed by atoms with Crippen LogP contribution in [0.2, 0.25) is 0 Å². The van der Waals surface area contributed by atoms with Crippen molar-refractivity contribution in [2.24, 2.45) is 0 Å². The molecule has 0 spiro atoms. The fourth-order valence-corrected chi connectivity index (χ4v) is 1.53. The molecule has 1 aromatic heterocycles. The molecule has 0 fully saturated rings. The highest BCUT2D eigenvalue weighted by Crippen LogP contribution is 2.15. The molecule has 0 radical (unpaired) electrons. The van der Waals surface area contributed by atoms with Crippen LogP contribution >= 0.6 is 0 Å². The second-order valence-corrected chi connectivity index (χ2v) is 3.36. The Bertz CT molecular complexity index is 307.